The summed E-state index contributed by atoms with van der Waals surface area (Å²) in [4.78, 5) is 17.7. The Hall–Kier alpha value is -2.91. The van der Waals surface area contributed by atoms with Crippen molar-refractivity contribution >= 4 is 22.8 Å². The van der Waals surface area contributed by atoms with Gasteiger partial charge < -0.3 is 4.98 Å². The van der Waals surface area contributed by atoms with E-state index in [9.17, 15) is 22.4 Å². The Balaban J connectivity index is 1.84. The van der Waals surface area contributed by atoms with Crippen molar-refractivity contribution in [1.82, 2.24) is 20.2 Å². The molecule has 0 aliphatic rings. The average molecular weight is 313 g/mol. The fourth-order valence-corrected chi connectivity index (χ4v) is 1.85. The number of hydrogen-bond acceptors (Lipinski definition) is 3. The highest BCUT2D eigenvalue weighted by molar-refractivity contribution is 6.05. The number of aromatic amines is 2. The number of hydrogen-bond donors (Lipinski definition) is 3. The van der Waals surface area contributed by atoms with Gasteiger partial charge in [-0.2, -0.15) is 18.2 Å². The largest absolute Gasteiger partial charge is 0.451 e. The SMILES string of the molecule is O=C(Nc1n[nH]c(C(F)(F)F)n1)c1cc2c(F)cccc2[nH]1. The minimum absolute atomic E-state index is 0.0292. The lowest BCUT2D eigenvalue weighted by Gasteiger charge is -1.99. The zero-order valence-corrected chi connectivity index (χ0v) is 10.6. The van der Waals surface area contributed by atoms with Gasteiger partial charge in [-0.05, 0) is 18.2 Å². The van der Waals surface area contributed by atoms with Gasteiger partial charge >= 0.3 is 6.18 Å². The molecule has 0 saturated heterocycles. The summed E-state index contributed by atoms with van der Waals surface area (Å²) in [5.41, 5.74) is 0.356. The summed E-state index contributed by atoms with van der Waals surface area (Å²) in [5, 5.41) is 7.19. The number of H-pyrrole nitrogens is 2. The van der Waals surface area contributed by atoms with Crippen molar-refractivity contribution < 1.29 is 22.4 Å². The Bertz CT molecular complexity index is 851. The van der Waals surface area contributed by atoms with Gasteiger partial charge in [-0.3, -0.25) is 15.2 Å². The van der Waals surface area contributed by atoms with Crippen molar-refractivity contribution in [3.8, 4) is 0 Å². The maximum atomic E-state index is 13.5. The maximum Gasteiger partial charge on any atom is 0.451 e. The third kappa shape index (κ3) is 2.50. The van der Waals surface area contributed by atoms with Gasteiger partial charge in [0.25, 0.3) is 5.91 Å². The van der Waals surface area contributed by atoms with Crippen LogP contribution in [0.15, 0.2) is 24.3 Å². The van der Waals surface area contributed by atoms with Crippen molar-refractivity contribution in [2.24, 2.45) is 0 Å². The van der Waals surface area contributed by atoms with Crippen LogP contribution in [0, 0.1) is 5.82 Å². The fourth-order valence-electron chi connectivity index (χ4n) is 1.85. The van der Waals surface area contributed by atoms with E-state index in [0.717, 1.165) is 0 Å². The van der Waals surface area contributed by atoms with E-state index in [-0.39, 0.29) is 11.1 Å². The third-order valence-corrected chi connectivity index (χ3v) is 2.83. The van der Waals surface area contributed by atoms with Crippen LogP contribution in [0.25, 0.3) is 10.9 Å². The smallest absolute Gasteiger partial charge is 0.350 e. The van der Waals surface area contributed by atoms with Crippen molar-refractivity contribution in [3.05, 3.63) is 41.6 Å². The molecule has 6 nitrogen and oxygen atoms in total. The van der Waals surface area contributed by atoms with Gasteiger partial charge in [0.1, 0.15) is 11.5 Å². The topological polar surface area (TPSA) is 86.5 Å². The van der Waals surface area contributed by atoms with Crippen LogP contribution in [-0.4, -0.2) is 26.1 Å². The second-order valence-electron chi connectivity index (χ2n) is 4.34. The van der Waals surface area contributed by atoms with Crippen molar-refractivity contribution in [3.63, 3.8) is 0 Å². The van der Waals surface area contributed by atoms with Gasteiger partial charge in [0.05, 0.1) is 0 Å². The Morgan fingerprint density at radius 1 is 1.27 bits per heavy atom. The third-order valence-electron chi connectivity index (χ3n) is 2.83. The number of amides is 1. The second-order valence-corrected chi connectivity index (χ2v) is 4.34. The number of halogens is 4. The normalized spacial score (nSPS) is 11.8. The van der Waals surface area contributed by atoms with Gasteiger partial charge in [0.2, 0.25) is 11.8 Å². The van der Waals surface area contributed by atoms with Crippen molar-refractivity contribution in [2.45, 2.75) is 6.18 Å². The summed E-state index contributed by atoms with van der Waals surface area (Å²) in [6.07, 6.45) is -4.69. The molecule has 2 aromatic heterocycles. The van der Waals surface area contributed by atoms with E-state index in [4.69, 9.17) is 0 Å². The lowest BCUT2D eigenvalue weighted by Crippen LogP contribution is -2.13. The lowest BCUT2D eigenvalue weighted by atomic mass is 10.2. The molecule has 10 heteroatoms. The molecule has 3 N–H and O–H groups in total. The zero-order valence-electron chi connectivity index (χ0n) is 10.6. The summed E-state index contributed by atoms with van der Waals surface area (Å²) in [6.45, 7) is 0. The first-order valence-electron chi connectivity index (χ1n) is 5.93. The van der Waals surface area contributed by atoms with Crippen LogP contribution in [0.2, 0.25) is 0 Å². The van der Waals surface area contributed by atoms with E-state index in [2.05, 4.69) is 20.4 Å². The number of benzene rings is 1. The molecule has 1 aromatic carbocycles. The number of fused-ring (bicyclic) bond motifs is 1. The molecule has 114 valence electrons. The Kier molecular flexibility index (Phi) is 3.08. The van der Waals surface area contributed by atoms with Crippen LogP contribution in [0.4, 0.5) is 23.5 Å². The summed E-state index contributed by atoms with van der Waals surface area (Å²) in [5.74, 6) is -3.17. The average Bonchev–Trinajstić information content (AvgIpc) is 3.04. The summed E-state index contributed by atoms with van der Waals surface area (Å²) in [6, 6.07) is 5.49. The number of carbonyl (C=O) groups excluding carboxylic acids is 1. The maximum absolute atomic E-state index is 13.5. The van der Waals surface area contributed by atoms with E-state index in [1.165, 1.54) is 18.2 Å². The summed E-state index contributed by atoms with van der Waals surface area (Å²) >= 11 is 0. The first-order valence-corrected chi connectivity index (χ1v) is 5.93. The number of alkyl halides is 3. The molecule has 3 aromatic rings. The fraction of sp³-hybridized carbons (Fsp3) is 0.0833. The van der Waals surface area contributed by atoms with E-state index in [0.29, 0.717) is 5.52 Å². The monoisotopic (exact) mass is 313 g/mol. The summed E-state index contributed by atoms with van der Waals surface area (Å²) in [7, 11) is 0. The van der Waals surface area contributed by atoms with Crippen LogP contribution < -0.4 is 5.32 Å². The number of nitrogens with zero attached hydrogens (tertiary/aromatic N) is 2. The molecular formula is C12H7F4N5O. The highest BCUT2D eigenvalue weighted by Crippen LogP contribution is 2.26. The molecule has 0 saturated carbocycles. The highest BCUT2D eigenvalue weighted by Gasteiger charge is 2.35. The molecule has 22 heavy (non-hydrogen) atoms. The minimum atomic E-state index is -4.69. The van der Waals surface area contributed by atoms with Gasteiger partial charge in [0, 0.05) is 10.9 Å². The standard InChI is InChI=1S/C12H7F4N5O/c13-6-2-1-3-7-5(6)4-8(17-7)9(22)18-11-19-10(20-21-11)12(14,15)16/h1-4,17H,(H2,18,19,20,21,22). The molecule has 1 amide bonds. The molecule has 0 spiro atoms. The molecule has 3 rings (SSSR count). The van der Waals surface area contributed by atoms with Crippen LogP contribution in [-0.2, 0) is 6.18 Å². The quantitative estimate of drug-likeness (QED) is 0.636. The molecule has 0 fully saturated rings. The Labute approximate surface area is 119 Å². The molecule has 0 aliphatic heterocycles. The second kappa shape index (κ2) is 4.83. The van der Waals surface area contributed by atoms with E-state index in [1.807, 2.05) is 0 Å². The number of anilines is 1. The predicted molar refractivity (Wildman–Crippen MR) is 67.6 cm³/mol. The number of aromatic nitrogens is 4. The van der Waals surface area contributed by atoms with E-state index < -0.39 is 29.7 Å². The number of nitrogens with one attached hydrogen (secondary N) is 3. The van der Waals surface area contributed by atoms with Crippen LogP contribution in [0.5, 0.6) is 0 Å². The van der Waals surface area contributed by atoms with Gasteiger partial charge in [-0.1, -0.05) is 6.07 Å². The minimum Gasteiger partial charge on any atom is -0.350 e. The molecule has 2 heterocycles. The Morgan fingerprint density at radius 3 is 2.68 bits per heavy atom. The molecular weight excluding hydrogens is 306 g/mol. The van der Waals surface area contributed by atoms with Crippen LogP contribution in [0.3, 0.4) is 0 Å². The lowest BCUT2D eigenvalue weighted by molar-refractivity contribution is -0.144. The summed E-state index contributed by atoms with van der Waals surface area (Å²) < 4.78 is 50.6. The van der Waals surface area contributed by atoms with Crippen LogP contribution >= 0.6 is 0 Å². The first-order chi connectivity index (χ1) is 10.3. The number of carbonyl (C=O) groups is 1. The number of rotatable bonds is 2. The highest BCUT2D eigenvalue weighted by atomic mass is 19.4. The van der Waals surface area contributed by atoms with Crippen molar-refractivity contribution in [1.29, 1.82) is 0 Å². The van der Waals surface area contributed by atoms with Gasteiger partial charge in [-0.15, -0.1) is 5.10 Å². The van der Waals surface area contributed by atoms with E-state index >= 15 is 0 Å². The predicted octanol–water partition coefficient (Wildman–Crippen LogP) is 2.70. The van der Waals surface area contributed by atoms with Gasteiger partial charge in [0.15, 0.2) is 0 Å². The molecule has 0 bridgehead atoms. The first kappa shape index (κ1) is 14.0. The van der Waals surface area contributed by atoms with Gasteiger partial charge in [-0.25, -0.2) is 4.39 Å². The molecule has 0 atom stereocenters. The molecule has 0 radical (unpaired) electrons. The Morgan fingerprint density at radius 2 is 2.05 bits per heavy atom. The zero-order chi connectivity index (χ0) is 15.9. The van der Waals surface area contributed by atoms with Crippen LogP contribution in [0.1, 0.15) is 16.3 Å². The van der Waals surface area contributed by atoms with Crippen molar-refractivity contribution in [2.75, 3.05) is 5.32 Å². The molecule has 0 aliphatic carbocycles. The van der Waals surface area contributed by atoms with E-state index in [1.54, 1.807) is 11.2 Å². The molecule has 0 unspecified atom stereocenters.